The number of hydrogen-bond donors (Lipinski definition) is 0. The van der Waals surface area contributed by atoms with E-state index in [0.29, 0.717) is 0 Å². The fourth-order valence-corrected chi connectivity index (χ4v) is 4.25. The molecule has 2 aliphatic rings. The fraction of sp³-hybridized carbons (Fsp3) is 0.636. The van der Waals surface area contributed by atoms with Crippen LogP contribution in [0.4, 0.5) is 0 Å². The van der Waals surface area contributed by atoms with Crippen molar-refractivity contribution in [3.8, 4) is 0 Å². The Kier molecular flexibility index (Phi) is 17.0. The molecule has 0 aromatic rings. The van der Waals surface area contributed by atoms with Gasteiger partial charge in [-0.2, -0.15) is 0 Å². The minimum atomic E-state index is -1.42. The molecular formula is C22H28Mg2O8. The molecule has 0 spiro atoms. The third-order valence-corrected chi connectivity index (χ3v) is 5.89. The molecular weight excluding hydrogens is 441 g/mol. The predicted octanol–water partition coefficient (Wildman–Crippen LogP) is -2.00. The first-order valence-electron chi connectivity index (χ1n) is 10.3. The fourth-order valence-electron chi connectivity index (χ4n) is 4.25. The van der Waals surface area contributed by atoms with Gasteiger partial charge in [-0.05, 0) is 73.7 Å². The summed E-state index contributed by atoms with van der Waals surface area (Å²) >= 11 is 0. The molecule has 168 valence electrons. The Bertz CT molecular complexity index is 668. The maximum atomic E-state index is 10.9. The second-order valence-corrected chi connectivity index (χ2v) is 7.90. The van der Waals surface area contributed by atoms with E-state index in [0.717, 1.165) is 64.2 Å². The van der Waals surface area contributed by atoms with Gasteiger partial charge in [0.2, 0.25) is 0 Å². The summed E-state index contributed by atoms with van der Waals surface area (Å²) in [5, 5.41) is 43.0. The number of carbonyl (C=O) groups excluding carboxylic acids is 4. The van der Waals surface area contributed by atoms with Gasteiger partial charge in [0.05, 0.1) is 23.9 Å². The maximum absolute atomic E-state index is 10.9. The van der Waals surface area contributed by atoms with Crippen molar-refractivity contribution in [2.45, 2.75) is 78.1 Å². The van der Waals surface area contributed by atoms with Crippen molar-refractivity contribution in [1.29, 1.82) is 0 Å². The molecule has 0 heterocycles. The Morgan fingerprint density at radius 2 is 0.750 bits per heavy atom. The van der Waals surface area contributed by atoms with Gasteiger partial charge in [-0.15, -0.1) is 0 Å². The summed E-state index contributed by atoms with van der Waals surface area (Å²) < 4.78 is 0. The quantitative estimate of drug-likeness (QED) is 0.319. The zero-order chi connectivity index (χ0) is 22.8. The van der Waals surface area contributed by atoms with Crippen LogP contribution in [-0.4, -0.2) is 70.0 Å². The number of carboxylic acids is 4. The van der Waals surface area contributed by atoms with E-state index < -0.39 is 23.9 Å². The molecule has 2 aliphatic carbocycles. The topological polar surface area (TPSA) is 161 Å². The van der Waals surface area contributed by atoms with Crippen LogP contribution in [0, 0.1) is 11.8 Å². The summed E-state index contributed by atoms with van der Waals surface area (Å²) in [6.07, 6.45) is 8.87. The van der Waals surface area contributed by atoms with Gasteiger partial charge in [-0.25, -0.2) is 0 Å². The molecule has 10 heteroatoms. The molecule has 0 unspecified atom stereocenters. The normalized spacial score (nSPS) is 18.3. The van der Waals surface area contributed by atoms with Crippen LogP contribution in [0.25, 0.3) is 0 Å². The standard InChI is InChI=1S/2C11H16O4.2Mg/c2*1-7(10(12)13)9(11(14)15)8-5-3-2-4-6-8;;/h2*8H,2-6H2,1H3,(H,12,13)(H,14,15);;/q;;2*+2/p-4/b2*9-7-;;. The maximum Gasteiger partial charge on any atom is 2.00 e. The smallest absolute Gasteiger partial charge is 0.545 e. The van der Waals surface area contributed by atoms with Crippen molar-refractivity contribution in [2.75, 3.05) is 0 Å². The van der Waals surface area contributed by atoms with Gasteiger partial charge in [0.15, 0.2) is 0 Å². The van der Waals surface area contributed by atoms with E-state index in [1.807, 2.05) is 0 Å². The zero-order valence-corrected chi connectivity index (χ0v) is 21.7. The van der Waals surface area contributed by atoms with Gasteiger partial charge < -0.3 is 39.6 Å². The second-order valence-electron chi connectivity index (χ2n) is 7.90. The number of carboxylic acid groups (broad SMARTS) is 4. The van der Waals surface area contributed by atoms with Crippen molar-refractivity contribution in [1.82, 2.24) is 0 Å². The summed E-state index contributed by atoms with van der Waals surface area (Å²) in [6.45, 7) is 2.55. The summed E-state index contributed by atoms with van der Waals surface area (Å²) in [6, 6.07) is 0. The van der Waals surface area contributed by atoms with Crippen molar-refractivity contribution >= 4 is 70.0 Å². The molecule has 2 saturated carbocycles. The van der Waals surface area contributed by atoms with E-state index in [9.17, 15) is 39.6 Å². The van der Waals surface area contributed by atoms with Gasteiger partial charge >= 0.3 is 46.1 Å². The Morgan fingerprint density at radius 3 is 0.938 bits per heavy atom. The molecule has 0 N–H and O–H groups in total. The van der Waals surface area contributed by atoms with Crippen LogP contribution in [-0.2, 0) is 19.2 Å². The van der Waals surface area contributed by atoms with Crippen molar-refractivity contribution in [3.05, 3.63) is 22.3 Å². The SMILES string of the molecule is C/C(C(=O)[O-])=C(/C(=O)[O-])C1CCCCC1.C/C(C(=O)[O-])=C(/C(=O)[O-])C1CCCCC1.[Mg+2].[Mg+2]. The molecule has 2 rings (SSSR count). The number of hydrogen-bond acceptors (Lipinski definition) is 8. The molecule has 0 radical (unpaired) electrons. The molecule has 0 amide bonds. The summed E-state index contributed by atoms with van der Waals surface area (Å²) in [5.74, 6) is -5.94. The number of aliphatic carboxylic acids is 4. The minimum absolute atomic E-state index is 0. The van der Waals surface area contributed by atoms with Gasteiger partial charge in [-0.1, -0.05) is 38.5 Å². The Hall–Kier alpha value is -1.11. The van der Waals surface area contributed by atoms with Crippen molar-refractivity contribution in [3.63, 3.8) is 0 Å². The Morgan fingerprint density at radius 1 is 0.500 bits per heavy atom. The molecule has 0 bridgehead atoms. The van der Waals surface area contributed by atoms with Gasteiger partial charge in [0.25, 0.3) is 0 Å². The molecule has 0 aromatic carbocycles. The predicted molar refractivity (Wildman–Crippen MR) is 110 cm³/mol. The monoisotopic (exact) mass is 468 g/mol. The van der Waals surface area contributed by atoms with Crippen LogP contribution in [0.1, 0.15) is 78.1 Å². The van der Waals surface area contributed by atoms with Gasteiger partial charge in [0.1, 0.15) is 0 Å². The van der Waals surface area contributed by atoms with Crippen LogP contribution in [0.2, 0.25) is 0 Å². The van der Waals surface area contributed by atoms with Crippen molar-refractivity contribution in [2.24, 2.45) is 11.8 Å². The average molecular weight is 469 g/mol. The summed E-state index contributed by atoms with van der Waals surface area (Å²) in [5.41, 5.74) is -0.534. The van der Waals surface area contributed by atoms with Crippen molar-refractivity contribution < 1.29 is 39.6 Å². The van der Waals surface area contributed by atoms with E-state index >= 15 is 0 Å². The Labute approximate surface area is 220 Å². The van der Waals surface area contributed by atoms with E-state index in [-0.39, 0.29) is 80.2 Å². The number of rotatable bonds is 6. The van der Waals surface area contributed by atoms with E-state index in [1.54, 1.807) is 0 Å². The van der Waals surface area contributed by atoms with Crippen LogP contribution in [0.15, 0.2) is 22.3 Å². The van der Waals surface area contributed by atoms with Gasteiger partial charge in [0, 0.05) is 0 Å². The number of carbonyl (C=O) groups is 4. The van der Waals surface area contributed by atoms with Crippen LogP contribution < -0.4 is 20.4 Å². The van der Waals surface area contributed by atoms with Crippen LogP contribution in [0.3, 0.4) is 0 Å². The first-order valence-corrected chi connectivity index (χ1v) is 10.3. The van der Waals surface area contributed by atoms with E-state index in [4.69, 9.17) is 0 Å². The summed E-state index contributed by atoms with van der Waals surface area (Å²) in [7, 11) is 0. The molecule has 32 heavy (non-hydrogen) atoms. The minimum Gasteiger partial charge on any atom is -0.545 e. The average Bonchev–Trinajstić information content (AvgIpc) is 2.69. The third kappa shape index (κ3) is 10.2. The molecule has 0 aromatic heterocycles. The van der Waals surface area contributed by atoms with E-state index in [1.165, 1.54) is 13.8 Å². The third-order valence-electron chi connectivity index (χ3n) is 5.89. The zero-order valence-electron chi connectivity index (χ0n) is 18.9. The molecule has 8 nitrogen and oxygen atoms in total. The molecule has 2 fully saturated rings. The van der Waals surface area contributed by atoms with E-state index in [2.05, 4.69) is 0 Å². The Balaban J connectivity index is 0. The first kappa shape index (κ1) is 33.1. The molecule has 0 atom stereocenters. The second kappa shape index (κ2) is 16.5. The largest absolute Gasteiger partial charge is 2.00 e. The van der Waals surface area contributed by atoms with Crippen LogP contribution in [0.5, 0.6) is 0 Å². The first-order chi connectivity index (χ1) is 14.1. The van der Waals surface area contributed by atoms with Crippen LogP contribution >= 0.6 is 0 Å². The van der Waals surface area contributed by atoms with Gasteiger partial charge in [-0.3, -0.25) is 0 Å². The molecule has 0 saturated heterocycles. The summed E-state index contributed by atoms with van der Waals surface area (Å²) in [4.78, 5) is 43.0. The molecule has 0 aliphatic heterocycles.